The lowest BCUT2D eigenvalue weighted by atomic mass is 9.83. The molecule has 3 rings (SSSR count). The summed E-state index contributed by atoms with van der Waals surface area (Å²) in [5, 5.41) is 3.63. The molecule has 1 spiro atoms. The van der Waals surface area contributed by atoms with E-state index in [1.165, 1.54) is 83.8 Å². The van der Waals surface area contributed by atoms with Gasteiger partial charge in [-0.15, -0.1) is 0 Å². The quantitative estimate of drug-likeness (QED) is 0.784. The Morgan fingerprint density at radius 2 is 1.70 bits per heavy atom. The second kappa shape index (κ2) is 7.24. The van der Waals surface area contributed by atoms with E-state index < -0.39 is 0 Å². The van der Waals surface area contributed by atoms with Crippen molar-refractivity contribution in [2.24, 2.45) is 0 Å². The lowest BCUT2D eigenvalue weighted by Gasteiger charge is -2.33. The third-order valence-electron chi connectivity index (χ3n) is 5.53. The third kappa shape index (κ3) is 3.96. The Kier molecular flexibility index (Phi) is 5.36. The minimum absolute atomic E-state index is 0.289. The lowest BCUT2D eigenvalue weighted by molar-refractivity contribution is -0.0623. The highest BCUT2D eigenvalue weighted by Crippen LogP contribution is 2.41. The van der Waals surface area contributed by atoms with Gasteiger partial charge in [0.1, 0.15) is 0 Å². The van der Waals surface area contributed by atoms with Crippen molar-refractivity contribution in [1.29, 1.82) is 0 Å². The summed E-state index contributed by atoms with van der Waals surface area (Å²) < 4.78 is 6.41. The molecular weight excluding hydrogens is 248 g/mol. The molecule has 3 nitrogen and oxygen atoms in total. The van der Waals surface area contributed by atoms with Crippen LogP contribution in [0.15, 0.2) is 0 Å². The van der Waals surface area contributed by atoms with Crippen molar-refractivity contribution in [3.05, 3.63) is 0 Å². The van der Waals surface area contributed by atoms with Crippen LogP contribution in [0.2, 0.25) is 0 Å². The van der Waals surface area contributed by atoms with Crippen molar-refractivity contribution in [2.75, 3.05) is 32.7 Å². The highest BCUT2D eigenvalue weighted by atomic mass is 16.5. The van der Waals surface area contributed by atoms with E-state index in [9.17, 15) is 0 Å². The summed E-state index contributed by atoms with van der Waals surface area (Å²) >= 11 is 0. The number of nitrogens with one attached hydrogen (secondary N) is 1. The van der Waals surface area contributed by atoms with Gasteiger partial charge in [0.2, 0.25) is 0 Å². The number of rotatable bonds is 5. The highest BCUT2D eigenvalue weighted by molar-refractivity contribution is 4.91. The SMILES string of the molecule is C1CCN(CCNCC2CCC3(CCCCC3)O2)CC1. The molecule has 0 aromatic heterocycles. The summed E-state index contributed by atoms with van der Waals surface area (Å²) in [6.45, 7) is 6.04. The Hall–Kier alpha value is -0.120. The van der Waals surface area contributed by atoms with Crippen molar-refractivity contribution in [2.45, 2.75) is 75.9 Å². The van der Waals surface area contributed by atoms with Crippen LogP contribution in [0.25, 0.3) is 0 Å². The van der Waals surface area contributed by atoms with Gasteiger partial charge in [0.25, 0.3) is 0 Å². The molecule has 0 aromatic rings. The molecule has 1 aliphatic carbocycles. The molecule has 1 unspecified atom stereocenters. The summed E-state index contributed by atoms with van der Waals surface area (Å²) in [6.07, 6.45) is 14.1. The van der Waals surface area contributed by atoms with Crippen molar-refractivity contribution in [3.63, 3.8) is 0 Å². The van der Waals surface area contributed by atoms with Crippen LogP contribution in [0, 0.1) is 0 Å². The van der Waals surface area contributed by atoms with Gasteiger partial charge in [-0.2, -0.15) is 0 Å². The summed E-state index contributed by atoms with van der Waals surface area (Å²) in [7, 11) is 0. The topological polar surface area (TPSA) is 24.5 Å². The first-order valence-electron chi connectivity index (χ1n) is 8.97. The van der Waals surface area contributed by atoms with Gasteiger partial charge >= 0.3 is 0 Å². The van der Waals surface area contributed by atoms with Crippen LogP contribution in [-0.2, 0) is 4.74 Å². The van der Waals surface area contributed by atoms with Crippen molar-refractivity contribution >= 4 is 0 Å². The van der Waals surface area contributed by atoms with Crippen LogP contribution in [0.3, 0.4) is 0 Å². The van der Waals surface area contributed by atoms with Gasteiger partial charge in [-0.3, -0.25) is 0 Å². The predicted molar refractivity (Wildman–Crippen MR) is 83.1 cm³/mol. The van der Waals surface area contributed by atoms with E-state index in [0.29, 0.717) is 6.10 Å². The molecule has 0 amide bonds. The van der Waals surface area contributed by atoms with Gasteiger partial charge in [-0.1, -0.05) is 25.7 Å². The van der Waals surface area contributed by atoms with Gasteiger partial charge < -0.3 is 15.0 Å². The molecule has 1 saturated carbocycles. The third-order valence-corrected chi connectivity index (χ3v) is 5.53. The Morgan fingerprint density at radius 3 is 2.50 bits per heavy atom. The van der Waals surface area contributed by atoms with E-state index >= 15 is 0 Å². The maximum Gasteiger partial charge on any atom is 0.0708 e. The Labute approximate surface area is 124 Å². The van der Waals surface area contributed by atoms with Gasteiger partial charge in [-0.05, 0) is 51.6 Å². The Bertz CT molecular complexity index is 283. The summed E-state index contributed by atoms with van der Waals surface area (Å²) in [5.74, 6) is 0. The predicted octanol–water partition coefficient (Wildman–Crippen LogP) is 2.94. The van der Waals surface area contributed by atoms with E-state index in [4.69, 9.17) is 4.74 Å². The van der Waals surface area contributed by atoms with Crippen LogP contribution < -0.4 is 5.32 Å². The lowest BCUT2D eigenvalue weighted by Crippen LogP contribution is -2.39. The van der Waals surface area contributed by atoms with Gasteiger partial charge in [0.15, 0.2) is 0 Å². The second-order valence-electron chi connectivity index (χ2n) is 7.13. The molecule has 0 bridgehead atoms. The van der Waals surface area contributed by atoms with E-state index in [1.807, 2.05) is 0 Å². The first-order valence-corrected chi connectivity index (χ1v) is 8.97. The number of hydrogen-bond donors (Lipinski definition) is 1. The number of piperidine rings is 1. The molecule has 0 aromatic carbocycles. The summed E-state index contributed by atoms with van der Waals surface area (Å²) in [4.78, 5) is 2.61. The van der Waals surface area contributed by atoms with Crippen LogP contribution in [0.4, 0.5) is 0 Å². The zero-order valence-corrected chi connectivity index (χ0v) is 13.0. The number of nitrogens with zero attached hydrogens (tertiary/aromatic N) is 1. The first kappa shape index (κ1) is 14.8. The minimum atomic E-state index is 0.289. The largest absolute Gasteiger partial charge is 0.370 e. The normalized spacial score (nSPS) is 30.9. The fourth-order valence-corrected chi connectivity index (χ4v) is 4.29. The van der Waals surface area contributed by atoms with E-state index in [1.54, 1.807) is 0 Å². The molecule has 20 heavy (non-hydrogen) atoms. The molecule has 3 heteroatoms. The molecule has 0 radical (unpaired) electrons. The standard InChI is InChI=1S/C17H32N2O/c1-3-8-17(9-4-1)10-7-16(20-17)15-18-11-14-19-12-5-2-6-13-19/h16,18H,1-15H2. The Balaban J connectivity index is 1.29. The summed E-state index contributed by atoms with van der Waals surface area (Å²) in [6, 6.07) is 0. The van der Waals surface area contributed by atoms with Crippen molar-refractivity contribution < 1.29 is 4.74 Å². The molecule has 1 N–H and O–H groups in total. The van der Waals surface area contributed by atoms with E-state index in [2.05, 4.69) is 10.2 Å². The number of hydrogen-bond acceptors (Lipinski definition) is 3. The monoisotopic (exact) mass is 280 g/mol. The van der Waals surface area contributed by atoms with Gasteiger partial charge in [0, 0.05) is 19.6 Å². The van der Waals surface area contributed by atoms with Crippen LogP contribution >= 0.6 is 0 Å². The fraction of sp³-hybridized carbons (Fsp3) is 1.00. The molecule has 116 valence electrons. The molecule has 1 atom stereocenters. The van der Waals surface area contributed by atoms with Gasteiger partial charge in [-0.25, -0.2) is 0 Å². The summed E-state index contributed by atoms with van der Waals surface area (Å²) in [5.41, 5.74) is 0.289. The van der Waals surface area contributed by atoms with Crippen LogP contribution in [0.5, 0.6) is 0 Å². The zero-order chi connectivity index (χ0) is 13.7. The average molecular weight is 280 g/mol. The first-order chi connectivity index (χ1) is 9.86. The molecule has 3 aliphatic rings. The van der Waals surface area contributed by atoms with E-state index in [-0.39, 0.29) is 5.60 Å². The van der Waals surface area contributed by atoms with Crippen LogP contribution in [0.1, 0.15) is 64.2 Å². The number of ether oxygens (including phenoxy) is 1. The van der Waals surface area contributed by atoms with Crippen molar-refractivity contribution in [1.82, 2.24) is 10.2 Å². The molecule has 2 saturated heterocycles. The van der Waals surface area contributed by atoms with Crippen LogP contribution in [-0.4, -0.2) is 49.3 Å². The second-order valence-corrected chi connectivity index (χ2v) is 7.13. The molecule has 3 fully saturated rings. The highest BCUT2D eigenvalue weighted by Gasteiger charge is 2.40. The Morgan fingerprint density at radius 1 is 0.950 bits per heavy atom. The minimum Gasteiger partial charge on any atom is -0.370 e. The molecule has 2 heterocycles. The maximum atomic E-state index is 6.41. The zero-order valence-electron chi connectivity index (χ0n) is 13.0. The average Bonchev–Trinajstić information content (AvgIpc) is 2.88. The maximum absolute atomic E-state index is 6.41. The molecule has 2 aliphatic heterocycles. The van der Waals surface area contributed by atoms with Crippen molar-refractivity contribution in [3.8, 4) is 0 Å². The van der Waals surface area contributed by atoms with Gasteiger partial charge in [0.05, 0.1) is 11.7 Å². The molecular formula is C17H32N2O. The smallest absolute Gasteiger partial charge is 0.0708 e. The fourth-order valence-electron chi connectivity index (χ4n) is 4.29. The van der Waals surface area contributed by atoms with E-state index in [0.717, 1.165) is 13.1 Å². The number of likely N-dealkylation sites (tertiary alicyclic amines) is 1.